The van der Waals surface area contributed by atoms with Gasteiger partial charge in [-0.25, -0.2) is 0 Å². The molecule has 1 N–H and O–H groups in total. The third kappa shape index (κ3) is 6.12. The van der Waals surface area contributed by atoms with Crippen LogP contribution in [-0.2, 0) is 6.54 Å². The molecule has 0 aliphatic rings. The first kappa shape index (κ1) is 13.5. The molecule has 0 saturated heterocycles. The van der Waals surface area contributed by atoms with Crippen LogP contribution in [0.1, 0.15) is 18.4 Å². The average Bonchev–Trinajstić information content (AvgIpc) is 2.15. The zero-order chi connectivity index (χ0) is 12.0. The van der Waals surface area contributed by atoms with Crippen molar-refractivity contribution in [2.24, 2.45) is 0 Å². The minimum atomic E-state index is -4.04. The van der Waals surface area contributed by atoms with Crippen molar-refractivity contribution >= 4 is 15.9 Å². The van der Waals surface area contributed by atoms with Gasteiger partial charge < -0.3 is 5.32 Å². The Labute approximate surface area is 101 Å². The first-order chi connectivity index (χ1) is 7.47. The van der Waals surface area contributed by atoms with Gasteiger partial charge in [0.25, 0.3) is 0 Å². The Bertz CT molecular complexity index is 325. The molecular formula is C11H13BrF3N. The molecule has 0 atom stereocenters. The van der Waals surface area contributed by atoms with Crippen LogP contribution in [0.3, 0.4) is 0 Å². The molecule has 0 spiro atoms. The highest BCUT2D eigenvalue weighted by Crippen LogP contribution is 2.20. The summed E-state index contributed by atoms with van der Waals surface area (Å²) in [7, 11) is 0. The van der Waals surface area contributed by atoms with Crippen molar-refractivity contribution < 1.29 is 13.2 Å². The smallest absolute Gasteiger partial charge is 0.313 e. The van der Waals surface area contributed by atoms with Crippen LogP contribution in [0.5, 0.6) is 0 Å². The van der Waals surface area contributed by atoms with Gasteiger partial charge >= 0.3 is 6.18 Å². The van der Waals surface area contributed by atoms with E-state index < -0.39 is 12.6 Å². The van der Waals surface area contributed by atoms with Gasteiger partial charge in [-0.05, 0) is 30.7 Å². The number of nitrogens with one attached hydrogen (secondary N) is 1. The topological polar surface area (TPSA) is 12.0 Å². The number of rotatable bonds is 5. The number of hydrogen-bond acceptors (Lipinski definition) is 1. The highest BCUT2D eigenvalue weighted by molar-refractivity contribution is 9.10. The van der Waals surface area contributed by atoms with Gasteiger partial charge in [0.05, 0.1) is 0 Å². The van der Waals surface area contributed by atoms with Gasteiger partial charge in [-0.3, -0.25) is 0 Å². The van der Waals surface area contributed by atoms with Gasteiger partial charge in [-0.2, -0.15) is 13.2 Å². The third-order valence-corrected chi connectivity index (χ3v) is 2.53. The van der Waals surface area contributed by atoms with Crippen LogP contribution in [0, 0.1) is 0 Å². The fraction of sp³-hybridized carbons (Fsp3) is 0.455. The third-order valence-electron chi connectivity index (χ3n) is 2.03. The van der Waals surface area contributed by atoms with E-state index in [0.717, 1.165) is 10.0 Å². The monoisotopic (exact) mass is 295 g/mol. The molecule has 0 amide bonds. The van der Waals surface area contributed by atoms with E-state index in [1.165, 1.54) is 0 Å². The second-order valence-corrected chi connectivity index (χ2v) is 4.44. The largest absolute Gasteiger partial charge is 0.389 e. The van der Waals surface area contributed by atoms with Crippen molar-refractivity contribution in [2.75, 3.05) is 6.54 Å². The predicted octanol–water partition coefficient (Wildman–Crippen LogP) is 3.88. The molecule has 1 aromatic rings. The molecule has 0 radical (unpaired) electrons. The van der Waals surface area contributed by atoms with Gasteiger partial charge in [0.1, 0.15) is 0 Å². The van der Waals surface area contributed by atoms with Crippen LogP contribution in [-0.4, -0.2) is 12.7 Å². The molecule has 0 bridgehead atoms. The second kappa shape index (κ2) is 6.25. The average molecular weight is 296 g/mol. The molecule has 90 valence electrons. The lowest BCUT2D eigenvalue weighted by Crippen LogP contribution is -2.17. The summed E-state index contributed by atoms with van der Waals surface area (Å²) in [6.45, 7) is 0.976. The van der Waals surface area contributed by atoms with E-state index in [-0.39, 0.29) is 6.42 Å². The molecule has 1 nitrogen and oxygen atoms in total. The number of halogens is 4. The summed E-state index contributed by atoms with van der Waals surface area (Å²) in [5.41, 5.74) is 1.06. The van der Waals surface area contributed by atoms with E-state index in [4.69, 9.17) is 0 Å². The summed E-state index contributed by atoms with van der Waals surface area (Å²) in [5.74, 6) is 0. The summed E-state index contributed by atoms with van der Waals surface area (Å²) >= 11 is 3.33. The quantitative estimate of drug-likeness (QED) is 0.813. The summed E-state index contributed by atoms with van der Waals surface area (Å²) in [6, 6.07) is 7.68. The molecule has 16 heavy (non-hydrogen) atoms. The summed E-state index contributed by atoms with van der Waals surface area (Å²) in [4.78, 5) is 0. The fourth-order valence-corrected chi connectivity index (χ4v) is 1.74. The Kier molecular flexibility index (Phi) is 5.28. The maximum absolute atomic E-state index is 11.8. The van der Waals surface area contributed by atoms with E-state index >= 15 is 0 Å². The van der Waals surface area contributed by atoms with E-state index in [9.17, 15) is 13.2 Å². The molecule has 0 saturated carbocycles. The van der Waals surface area contributed by atoms with Gasteiger partial charge in [0.2, 0.25) is 0 Å². The second-order valence-electron chi connectivity index (χ2n) is 3.53. The number of hydrogen-bond donors (Lipinski definition) is 1. The van der Waals surface area contributed by atoms with E-state index in [1.54, 1.807) is 0 Å². The molecule has 0 aliphatic heterocycles. The minimum Gasteiger partial charge on any atom is -0.313 e. The minimum absolute atomic E-state index is 0.123. The zero-order valence-corrected chi connectivity index (χ0v) is 10.2. The molecule has 1 aromatic carbocycles. The maximum atomic E-state index is 11.8. The van der Waals surface area contributed by atoms with Crippen molar-refractivity contribution in [2.45, 2.75) is 25.6 Å². The molecule has 5 heteroatoms. The Balaban J connectivity index is 2.17. The lowest BCUT2D eigenvalue weighted by molar-refractivity contribution is -0.135. The standard InChI is InChI=1S/C11H13BrF3N/c12-10-4-1-3-9(7-10)8-16-6-2-5-11(13,14)15/h1,3-4,7,16H,2,5-6,8H2. The number of alkyl halides is 3. The van der Waals surface area contributed by atoms with Gasteiger partial charge in [-0.1, -0.05) is 28.1 Å². The Morgan fingerprint density at radius 3 is 2.62 bits per heavy atom. The van der Waals surface area contributed by atoms with Gasteiger partial charge in [0, 0.05) is 17.4 Å². The van der Waals surface area contributed by atoms with E-state index in [0.29, 0.717) is 13.1 Å². The van der Waals surface area contributed by atoms with Crippen LogP contribution < -0.4 is 5.32 Å². The zero-order valence-electron chi connectivity index (χ0n) is 8.65. The van der Waals surface area contributed by atoms with Gasteiger partial charge in [0.15, 0.2) is 0 Å². The van der Waals surface area contributed by atoms with Crippen molar-refractivity contribution in [3.05, 3.63) is 34.3 Å². The van der Waals surface area contributed by atoms with Crippen LogP contribution in [0.15, 0.2) is 28.7 Å². The summed E-state index contributed by atoms with van der Waals surface area (Å²) in [6.07, 6.45) is -4.65. The maximum Gasteiger partial charge on any atom is 0.389 e. The first-order valence-corrected chi connectivity index (χ1v) is 5.78. The Morgan fingerprint density at radius 1 is 1.25 bits per heavy atom. The van der Waals surface area contributed by atoms with Crippen LogP contribution in [0.2, 0.25) is 0 Å². The summed E-state index contributed by atoms with van der Waals surface area (Å²) in [5, 5.41) is 2.98. The lowest BCUT2D eigenvalue weighted by atomic mass is 10.2. The normalized spacial score (nSPS) is 11.8. The SMILES string of the molecule is FC(F)(F)CCCNCc1cccc(Br)c1. The first-order valence-electron chi connectivity index (χ1n) is 4.99. The Morgan fingerprint density at radius 2 is 2.00 bits per heavy atom. The van der Waals surface area contributed by atoms with Crippen molar-refractivity contribution in [1.29, 1.82) is 0 Å². The van der Waals surface area contributed by atoms with Gasteiger partial charge in [-0.15, -0.1) is 0 Å². The molecule has 0 aromatic heterocycles. The van der Waals surface area contributed by atoms with Crippen LogP contribution in [0.25, 0.3) is 0 Å². The van der Waals surface area contributed by atoms with E-state index in [2.05, 4.69) is 21.2 Å². The van der Waals surface area contributed by atoms with Crippen molar-refractivity contribution in [1.82, 2.24) is 5.32 Å². The molecule has 1 rings (SSSR count). The Hall–Kier alpha value is -0.550. The van der Waals surface area contributed by atoms with Crippen LogP contribution in [0.4, 0.5) is 13.2 Å². The number of benzene rings is 1. The molecule has 0 fully saturated rings. The lowest BCUT2D eigenvalue weighted by Gasteiger charge is -2.07. The molecular weight excluding hydrogens is 283 g/mol. The molecule has 0 aliphatic carbocycles. The fourth-order valence-electron chi connectivity index (χ4n) is 1.29. The van der Waals surface area contributed by atoms with Crippen LogP contribution >= 0.6 is 15.9 Å². The van der Waals surface area contributed by atoms with E-state index in [1.807, 2.05) is 24.3 Å². The highest BCUT2D eigenvalue weighted by atomic mass is 79.9. The predicted molar refractivity (Wildman–Crippen MR) is 61.1 cm³/mol. The van der Waals surface area contributed by atoms with Crippen molar-refractivity contribution in [3.8, 4) is 0 Å². The highest BCUT2D eigenvalue weighted by Gasteiger charge is 2.25. The summed E-state index contributed by atoms with van der Waals surface area (Å²) < 4.78 is 36.4. The van der Waals surface area contributed by atoms with Crippen molar-refractivity contribution in [3.63, 3.8) is 0 Å². The molecule has 0 heterocycles. The molecule has 0 unspecified atom stereocenters.